The van der Waals surface area contributed by atoms with Gasteiger partial charge >= 0.3 is 18.1 Å². The van der Waals surface area contributed by atoms with Gasteiger partial charge in [0.15, 0.2) is 0 Å². The number of halogens is 1. The SMILES string of the molecule is O=C(Nc1ccc2c(c1)CCN(C(=O)O[C@H]1CC[C@H](CC(=O)OC[C@@H](O)CO)CC1)C2)Nc1ccccc1F. The molecule has 2 aliphatic rings. The number of hydrogen-bond acceptors (Lipinski definition) is 7. The number of urea groups is 1. The Morgan fingerprint density at radius 1 is 1.05 bits per heavy atom. The van der Waals surface area contributed by atoms with Crippen LogP contribution in [0.4, 0.5) is 25.4 Å². The highest BCUT2D eigenvalue weighted by atomic mass is 19.1. The minimum atomic E-state index is -1.07. The predicted octanol–water partition coefficient (Wildman–Crippen LogP) is 3.81. The largest absolute Gasteiger partial charge is 0.463 e. The zero-order valence-corrected chi connectivity index (χ0v) is 21.6. The van der Waals surface area contributed by atoms with Crippen LogP contribution in [0.1, 0.15) is 43.2 Å². The first-order valence-electron chi connectivity index (χ1n) is 13.1. The zero-order valence-electron chi connectivity index (χ0n) is 21.6. The van der Waals surface area contributed by atoms with Crippen LogP contribution < -0.4 is 10.6 Å². The second-order valence-corrected chi connectivity index (χ2v) is 9.96. The summed E-state index contributed by atoms with van der Waals surface area (Å²) in [5.74, 6) is -0.786. The number of amides is 3. The van der Waals surface area contributed by atoms with Crippen molar-refractivity contribution in [3.05, 3.63) is 59.4 Å². The second kappa shape index (κ2) is 13.4. The van der Waals surface area contributed by atoms with Crippen LogP contribution in [0.3, 0.4) is 0 Å². The van der Waals surface area contributed by atoms with Gasteiger partial charge in [-0.2, -0.15) is 0 Å². The van der Waals surface area contributed by atoms with Crippen molar-refractivity contribution < 1.29 is 38.5 Å². The molecule has 1 heterocycles. The van der Waals surface area contributed by atoms with Crippen LogP contribution in [0.25, 0.3) is 0 Å². The summed E-state index contributed by atoms with van der Waals surface area (Å²) in [5.41, 5.74) is 2.64. The molecule has 4 rings (SSSR count). The normalized spacial score (nSPS) is 19.4. The summed E-state index contributed by atoms with van der Waals surface area (Å²) in [4.78, 5) is 38.7. The average Bonchev–Trinajstić information content (AvgIpc) is 2.93. The van der Waals surface area contributed by atoms with Crippen LogP contribution in [0.15, 0.2) is 42.5 Å². The van der Waals surface area contributed by atoms with E-state index in [0.29, 0.717) is 38.0 Å². The fraction of sp³-hybridized carbons (Fsp3) is 0.464. The maximum Gasteiger partial charge on any atom is 0.410 e. The number of hydrogen-bond donors (Lipinski definition) is 4. The van der Waals surface area contributed by atoms with Gasteiger partial charge in [-0.1, -0.05) is 18.2 Å². The van der Waals surface area contributed by atoms with E-state index >= 15 is 0 Å². The molecule has 1 aliphatic heterocycles. The number of benzene rings is 2. The molecular weight excluding hydrogens is 509 g/mol. The highest BCUT2D eigenvalue weighted by Gasteiger charge is 2.29. The number of carbonyl (C=O) groups excluding carboxylic acids is 3. The van der Waals surface area contributed by atoms with Crippen molar-refractivity contribution in [1.82, 2.24) is 4.90 Å². The van der Waals surface area contributed by atoms with Crippen molar-refractivity contribution in [1.29, 1.82) is 0 Å². The van der Waals surface area contributed by atoms with Crippen molar-refractivity contribution >= 4 is 29.5 Å². The highest BCUT2D eigenvalue weighted by molar-refractivity contribution is 5.99. The topological polar surface area (TPSA) is 137 Å². The number of aliphatic hydroxyl groups excluding tert-OH is 2. The number of nitrogens with one attached hydrogen (secondary N) is 2. The number of rotatable bonds is 8. The van der Waals surface area contributed by atoms with Crippen LogP contribution in [0.5, 0.6) is 0 Å². The Balaban J connectivity index is 1.20. The molecule has 3 amide bonds. The summed E-state index contributed by atoms with van der Waals surface area (Å²) in [6.45, 7) is 0.208. The Kier molecular flexibility index (Phi) is 9.72. The highest BCUT2D eigenvalue weighted by Crippen LogP contribution is 2.30. The predicted molar refractivity (Wildman–Crippen MR) is 140 cm³/mol. The number of anilines is 2. The molecule has 1 fully saturated rings. The summed E-state index contributed by atoms with van der Waals surface area (Å²) in [7, 11) is 0. The van der Waals surface area contributed by atoms with E-state index in [1.807, 2.05) is 12.1 Å². The Bertz CT molecular complexity index is 1170. The van der Waals surface area contributed by atoms with E-state index in [9.17, 15) is 23.9 Å². The van der Waals surface area contributed by atoms with E-state index in [2.05, 4.69) is 10.6 Å². The van der Waals surface area contributed by atoms with Crippen LogP contribution in [0, 0.1) is 11.7 Å². The van der Waals surface area contributed by atoms with E-state index in [4.69, 9.17) is 14.6 Å². The van der Waals surface area contributed by atoms with E-state index in [1.165, 1.54) is 12.1 Å². The molecule has 0 unspecified atom stereocenters. The van der Waals surface area contributed by atoms with Crippen molar-refractivity contribution in [2.75, 3.05) is 30.4 Å². The molecule has 2 aromatic rings. The lowest BCUT2D eigenvalue weighted by Gasteiger charge is -2.32. The summed E-state index contributed by atoms with van der Waals surface area (Å²) < 4.78 is 24.5. The smallest absolute Gasteiger partial charge is 0.410 e. The number of nitrogens with zero attached hydrogens (tertiary/aromatic N) is 1. The molecule has 11 heteroatoms. The molecular formula is C28H34FN3O7. The second-order valence-electron chi connectivity index (χ2n) is 9.96. The van der Waals surface area contributed by atoms with E-state index < -0.39 is 30.5 Å². The molecule has 2 aromatic carbocycles. The first-order chi connectivity index (χ1) is 18.8. The van der Waals surface area contributed by atoms with Crippen LogP contribution >= 0.6 is 0 Å². The van der Waals surface area contributed by atoms with Crippen LogP contribution in [-0.2, 0) is 27.2 Å². The lowest BCUT2D eigenvalue weighted by Crippen LogP contribution is -2.39. The molecule has 0 radical (unpaired) electrons. The van der Waals surface area contributed by atoms with E-state index in [1.54, 1.807) is 23.1 Å². The zero-order chi connectivity index (χ0) is 27.8. The van der Waals surface area contributed by atoms with E-state index in [-0.39, 0.29) is 36.8 Å². The quantitative estimate of drug-likeness (QED) is 0.372. The Labute approximate surface area is 226 Å². The Hall–Kier alpha value is -3.70. The minimum Gasteiger partial charge on any atom is -0.463 e. The third kappa shape index (κ3) is 8.14. The van der Waals surface area contributed by atoms with Gasteiger partial charge in [0.1, 0.15) is 24.6 Å². The Morgan fingerprint density at radius 3 is 2.56 bits per heavy atom. The van der Waals surface area contributed by atoms with Crippen molar-refractivity contribution in [3.8, 4) is 0 Å². The number of ether oxygens (including phenoxy) is 2. The van der Waals surface area contributed by atoms with Gasteiger partial charge in [0, 0.05) is 25.2 Å². The number of aliphatic hydroxyl groups is 2. The monoisotopic (exact) mass is 543 g/mol. The molecule has 0 spiro atoms. The standard InChI is InChI=1S/C28H34FN3O7/c29-24-3-1-2-4-25(24)31-27(36)30-21-8-7-20-15-32(12-11-19(20)14-21)28(37)39-23-9-5-18(6-10-23)13-26(35)38-17-22(34)16-33/h1-4,7-8,14,18,22-23,33-34H,5-6,9-13,15-17H2,(H2,30,31,36)/t18-,22-,23-/m0/s1. The van der Waals surface area contributed by atoms with Crippen LogP contribution in [0.2, 0.25) is 0 Å². The molecule has 10 nitrogen and oxygen atoms in total. The molecule has 4 N–H and O–H groups in total. The summed E-state index contributed by atoms with van der Waals surface area (Å²) in [5, 5.41) is 23.3. The Morgan fingerprint density at radius 2 is 1.82 bits per heavy atom. The van der Waals surface area contributed by atoms with Gasteiger partial charge in [-0.15, -0.1) is 0 Å². The first kappa shape index (κ1) is 28.3. The van der Waals surface area contributed by atoms with Gasteiger partial charge in [0.25, 0.3) is 0 Å². The number of esters is 1. The lowest BCUT2D eigenvalue weighted by molar-refractivity contribution is -0.148. The van der Waals surface area contributed by atoms with Gasteiger partial charge in [0.05, 0.1) is 12.3 Å². The summed E-state index contributed by atoms with van der Waals surface area (Å²) in [6, 6.07) is 10.8. The molecule has 0 aromatic heterocycles. The van der Waals surface area contributed by atoms with Crippen molar-refractivity contribution in [2.24, 2.45) is 5.92 Å². The van der Waals surface area contributed by atoms with Crippen molar-refractivity contribution in [2.45, 2.75) is 57.3 Å². The average molecular weight is 544 g/mol. The molecule has 210 valence electrons. The van der Waals surface area contributed by atoms with Crippen molar-refractivity contribution in [3.63, 3.8) is 0 Å². The summed E-state index contributed by atoms with van der Waals surface area (Å²) >= 11 is 0. The number of para-hydroxylation sites is 1. The van der Waals surface area contributed by atoms with Gasteiger partial charge in [-0.25, -0.2) is 14.0 Å². The van der Waals surface area contributed by atoms with Gasteiger partial charge in [-0.3, -0.25) is 4.79 Å². The number of fused-ring (bicyclic) bond motifs is 1. The van der Waals surface area contributed by atoms with Gasteiger partial charge in [-0.05, 0) is 73.4 Å². The third-order valence-electron chi connectivity index (χ3n) is 7.02. The molecule has 1 atom stereocenters. The van der Waals surface area contributed by atoms with Gasteiger partial charge < -0.3 is 35.2 Å². The molecule has 1 saturated carbocycles. The maximum absolute atomic E-state index is 13.8. The molecule has 0 saturated heterocycles. The molecule has 39 heavy (non-hydrogen) atoms. The number of carbonyl (C=O) groups is 3. The van der Waals surface area contributed by atoms with Gasteiger partial charge in [0.2, 0.25) is 0 Å². The summed E-state index contributed by atoms with van der Waals surface area (Å²) in [6.07, 6.45) is 2.00. The fourth-order valence-corrected chi connectivity index (χ4v) is 4.84. The van der Waals surface area contributed by atoms with E-state index in [0.717, 1.165) is 24.0 Å². The molecule has 0 bridgehead atoms. The first-order valence-corrected chi connectivity index (χ1v) is 13.1. The lowest BCUT2D eigenvalue weighted by atomic mass is 9.85. The fourth-order valence-electron chi connectivity index (χ4n) is 4.84. The minimum absolute atomic E-state index is 0.0908. The molecule has 1 aliphatic carbocycles. The maximum atomic E-state index is 13.8. The van der Waals surface area contributed by atoms with Crippen LogP contribution in [-0.4, -0.2) is 65.2 Å². The third-order valence-corrected chi connectivity index (χ3v) is 7.02.